The van der Waals surface area contributed by atoms with Crippen LogP contribution in [0.3, 0.4) is 0 Å². The predicted octanol–water partition coefficient (Wildman–Crippen LogP) is 4.60. The molecule has 1 atom stereocenters. The van der Waals surface area contributed by atoms with E-state index in [1.165, 1.54) is 4.70 Å². The summed E-state index contributed by atoms with van der Waals surface area (Å²) in [4.78, 5) is 19.6. The van der Waals surface area contributed by atoms with Gasteiger partial charge < -0.3 is 9.64 Å². The van der Waals surface area contributed by atoms with Gasteiger partial charge in [-0.2, -0.15) is 0 Å². The Kier molecular flexibility index (Phi) is 4.89. The molecule has 0 saturated carbocycles. The van der Waals surface area contributed by atoms with Crippen molar-refractivity contribution in [3.05, 3.63) is 59.1 Å². The maximum atomic E-state index is 12.8. The fourth-order valence-corrected chi connectivity index (χ4v) is 4.66. The highest BCUT2D eigenvalue weighted by Crippen LogP contribution is 2.36. The highest BCUT2D eigenvalue weighted by Gasteiger charge is 2.31. The minimum atomic E-state index is 0.135. The zero-order valence-corrected chi connectivity index (χ0v) is 15.7. The minimum Gasteiger partial charge on any atom is -0.497 e. The lowest BCUT2D eigenvalue weighted by atomic mass is 10.1. The fourth-order valence-electron chi connectivity index (χ4n) is 3.54. The highest BCUT2D eigenvalue weighted by molar-refractivity contribution is 7.18. The molecule has 3 aromatic rings. The summed E-state index contributed by atoms with van der Waals surface area (Å²) >= 11 is 1.72. The number of likely N-dealkylation sites (tertiary alicyclic amines) is 1. The van der Waals surface area contributed by atoms with Crippen molar-refractivity contribution in [2.75, 3.05) is 13.7 Å². The summed E-state index contributed by atoms with van der Waals surface area (Å²) in [5.41, 5.74) is 2.19. The van der Waals surface area contributed by atoms with Gasteiger partial charge >= 0.3 is 0 Å². The molecule has 0 unspecified atom stereocenters. The van der Waals surface area contributed by atoms with Crippen LogP contribution in [0.1, 0.15) is 35.9 Å². The molecular weight excluding hydrogens is 344 g/mol. The molecule has 5 heteroatoms. The molecular formula is C21H22N2O2S. The van der Waals surface area contributed by atoms with Crippen LogP contribution in [0.5, 0.6) is 5.75 Å². The predicted molar refractivity (Wildman–Crippen MR) is 105 cm³/mol. The van der Waals surface area contributed by atoms with Gasteiger partial charge in [0.05, 0.1) is 23.4 Å². The third-order valence-electron chi connectivity index (χ3n) is 4.96. The number of aryl methyl sites for hydroxylation is 1. The summed E-state index contributed by atoms with van der Waals surface area (Å²) in [5, 5.41) is 1.07. The molecule has 4 rings (SSSR count). The Bertz CT molecular complexity index is 871. The third-order valence-corrected chi connectivity index (χ3v) is 6.09. The molecule has 1 aliphatic rings. The summed E-state index contributed by atoms with van der Waals surface area (Å²) in [6, 6.07) is 16.3. The molecule has 0 bridgehead atoms. The number of nitrogens with zero attached hydrogens (tertiary/aromatic N) is 2. The monoisotopic (exact) mass is 366 g/mol. The van der Waals surface area contributed by atoms with E-state index in [9.17, 15) is 4.79 Å². The van der Waals surface area contributed by atoms with Gasteiger partial charge in [0.2, 0.25) is 5.91 Å². The first kappa shape index (κ1) is 17.0. The van der Waals surface area contributed by atoms with Crippen LogP contribution in [0.25, 0.3) is 10.2 Å². The normalized spacial score (nSPS) is 17.0. The Labute approximate surface area is 157 Å². The number of aromatic nitrogens is 1. The quantitative estimate of drug-likeness (QED) is 0.663. The van der Waals surface area contributed by atoms with Crippen LogP contribution in [0.2, 0.25) is 0 Å². The zero-order chi connectivity index (χ0) is 17.9. The van der Waals surface area contributed by atoms with Crippen LogP contribution in [0.15, 0.2) is 48.5 Å². The SMILES string of the molecule is COc1ccc(CCC(=O)N2CCC[C@H]2c2nc3ccccc3s2)cc1. The molecule has 26 heavy (non-hydrogen) atoms. The number of rotatable bonds is 5. The van der Waals surface area contributed by atoms with Crippen LogP contribution in [-0.4, -0.2) is 29.4 Å². The van der Waals surface area contributed by atoms with Gasteiger partial charge in [0.15, 0.2) is 0 Å². The van der Waals surface area contributed by atoms with Crippen molar-refractivity contribution in [2.24, 2.45) is 0 Å². The van der Waals surface area contributed by atoms with E-state index in [4.69, 9.17) is 9.72 Å². The number of carbonyl (C=O) groups is 1. The summed E-state index contributed by atoms with van der Waals surface area (Å²) in [7, 11) is 1.66. The second kappa shape index (κ2) is 7.46. The summed E-state index contributed by atoms with van der Waals surface area (Å²) in [6.07, 6.45) is 3.35. The Morgan fingerprint density at radius 3 is 2.81 bits per heavy atom. The Morgan fingerprint density at radius 1 is 1.23 bits per heavy atom. The number of ether oxygens (including phenoxy) is 1. The lowest BCUT2D eigenvalue weighted by Gasteiger charge is -2.23. The largest absolute Gasteiger partial charge is 0.497 e. The molecule has 1 aliphatic heterocycles. The lowest BCUT2D eigenvalue weighted by molar-refractivity contribution is -0.132. The molecule has 0 N–H and O–H groups in total. The van der Waals surface area contributed by atoms with Gasteiger partial charge in [-0.1, -0.05) is 24.3 Å². The Morgan fingerprint density at radius 2 is 2.04 bits per heavy atom. The number of para-hydroxylation sites is 1. The van der Waals surface area contributed by atoms with Gasteiger partial charge in [-0.15, -0.1) is 11.3 Å². The minimum absolute atomic E-state index is 0.135. The number of hydrogen-bond acceptors (Lipinski definition) is 4. The summed E-state index contributed by atoms with van der Waals surface area (Å²) < 4.78 is 6.38. The van der Waals surface area contributed by atoms with Crippen molar-refractivity contribution in [1.82, 2.24) is 9.88 Å². The number of thiazole rings is 1. The lowest BCUT2D eigenvalue weighted by Crippen LogP contribution is -2.30. The second-order valence-corrected chi connectivity index (χ2v) is 7.68. The summed E-state index contributed by atoms with van der Waals surface area (Å²) in [5.74, 6) is 1.07. The molecule has 1 aromatic heterocycles. The van der Waals surface area contributed by atoms with Crippen LogP contribution in [0.4, 0.5) is 0 Å². The molecule has 4 nitrogen and oxygen atoms in total. The Hall–Kier alpha value is -2.40. The molecule has 1 amide bonds. The van der Waals surface area contributed by atoms with Gasteiger partial charge in [-0.05, 0) is 49.1 Å². The van der Waals surface area contributed by atoms with Crippen molar-refractivity contribution < 1.29 is 9.53 Å². The molecule has 0 aliphatic carbocycles. The van der Waals surface area contributed by atoms with E-state index >= 15 is 0 Å². The van der Waals surface area contributed by atoms with Crippen LogP contribution in [-0.2, 0) is 11.2 Å². The number of carbonyl (C=O) groups excluding carboxylic acids is 1. The number of hydrogen-bond donors (Lipinski definition) is 0. The van der Waals surface area contributed by atoms with E-state index in [-0.39, 0.29) is 11.9 Å². The topological polar surface area (TPSA) is 42.4 Å². The van der Waals surface area contributed by atoms with E-state index in [1.807, 2.05) is 47.4 Å². The standard InChI is InChI=1S/C21H22N2O2S/c1-25-16-11-8-15(9-12-16)10-13-20(24)23-14-4-6-18(23)21-22-17-5-2-3-7-19(17)26-21/h2-3,5,7-9,11-12,18H,4,6,10,13-14H2,1H3/t18-/m0/s1. The van der Waals surface area contributed by atoms with E-state index < -0.39 is 0 Å². The van der Waals surface area contributed by atoms with Gasteiger partial charge in [0.1, 0.15) is 10.8 Å². The van der Waals surface area contributed by atoms with E-state index in [0.29, 0.717) is 6.42 Å². The average Bonchev–Trinajstić information content (AvgIpc) is 3.32. The summed E-state index contributed by atoms with van der Waals surface area (Å²) in [6.45, 7) is 0.835. The van der Waals surface area contributed by atoms with Gasteiger partial charge in [0, 0.05) is 13.0 Å². The third kappa shape index (κ3) is 3.44. The first-order valence-electron chi connectivity index (χ1n) is 9.02. The molecule has 2 aromatic carbocycles. The van der Waals surface area contributed by atoms with Crippen molar-refractivity contribution in [1.29, 1.82) is 0 Å². The first-order valence-corrected chi connectivity index (χ1v) is 9.84. The average molecular weight is 366 g/mol. The van der Waals surface area contributed by atoms with Gasteiger partial charge in [0.25, 0.3) is 0 Å². The van der Waals surface area contributed by atoms with Crippen LogP contribution in [0, 0.1) is 0 Å². The second-order valence-electron chi connectivity index (χ2n) is 6.61. The number of benzene rings is 2. The van der Waals surface area contributed by atoms with Crippen LogP contribution < -0.4 is 4.74 Å². The van der Waals surface area contributed by atoms with E-state index in [2.05, 4.69) is 6.07 Å². The van der Waals surface area contributed by atoms with Crippen LogP contribution >= 0.6 is 11.3 Å². The van der Waals surface area contributed by atoms with E-state index in [0.717, 1.165) is 47.6 Å². The Balaban J connectivity index is 1.44. The molecule has 0 radical (unpaired) electrons. The van der Waals surface area contributed by atoms with Crippen molar-refractivity contribution in [3.8, 4) is 5.75 Å². The maximum absolute atomic E-state index is 12.8. The van der Waals surface area contributed by atoms with E-state index in [1.54, 1.807) is 18.4 Å². The number of fused-ring (bicyclic) bond motifs is 1. The first-order chi connectivity index (χ1) is 12.7. The van der Waals surface area contributed by atoms with Gasteiger partial charge in [-0.25, -0.2) is 4.98 Å². The van der Waals surface area contributed by atoms with Gasteiger partial charge in [-0.3, -0.25) is 4.79 Å². The van der Waals surface area contributed by atoms with Crippen molar-refractivity contribution in [3.63, 3.8) is 0 Å². The molecule has 0 spiro atoms. The molecule has 2 heterocycles. The fraction of sp³-hybridized carbons (Fsp3) is 0.333. The van der Waals surface area contributed by atoms with Crippen molar-refractivity contribution in [2.45, 2.75) is 31.7 Å². The number of methoxy groups -OCH3 is 1. The van der Waals surface area contributed by atoms with Crippen molar-refractivity contribution >= 4 is 27.5 Å². The smallest absolute Gasteiger partial charge is 0.223 e. The highest BCUT2D eigenvalue weighted by atomic mass is 32.1. The molecule has 1 saturated heterocycles. The molecule has 134 valence electrons. The zero-order valence-electron chi connectivity index (χ0n) is 14.9. The number of amides is 1. The molecule has 1 fully saturated rings. The maximum Gasteiger partial charge on any atom is 0.223 e.